The van der Waals surface area contributed by atoms with E-state index in [9.17, 15) is 14.4 Å². The van der Waals surface area contributed by atoms with Gasteiger partial charge in [0.15, 0.2) is 11.9 Å². The molecule has 1 atom stereocenters. The van der Waals surface area contributed by atoms with Gasteiger partial charge in [-0.3, -0.25) is 9.59 Å². The third-order valence-corrected chi connectivity index (χ3v) is 4.55. The van der Waals surface area contributed by atoms with Crippen molar-refractivity contribution in [3.63, 3.8) is 0 Å². The van der Waals surface area contributed by atoms with Crippen molar-refractivity contribution in [2.75, 3.05) is 25.2 Å². The van der Waals surface area contributed by atoms with E-state index in [1.807, 2.05) is 0 Å². The molecule has 0 bridgehead atoms. The summed E-state index contributed by atoms with van der Waals surface area (Å²) in [5, 5.41) is 6.17. The summed E-state index contributed by atoms with van der Waals surface area (Å²) in [5.74, 6) is -0.247. The second-order valence-corrected chi connectivity index (χ2v) is 6.95. The van der Waals surface area contributed by atoms with Crippen molar-refractivity contribution >= 4 is 35.4 Å². The van der Waals surface area contributed by atoms with Crippen LogP contribution in [0.3, 0.4) is 0 Å². The third-order valence-electron chi connectivity index (χ3n) is 3.49. The van der Waals surface area contributed by atoms with Crippen LogP contribution in [0.4, 0.5) is 5.82 Å². The van der Waals surface area contributed by atoms with Crippen molar-refractivity contribution in [2.24, 2.45) is 0 Å². The van der Waals surface area contributed by atoms with Crippen LogP contribution in [0.25, 0.3) is 0 Å². The quantitative estimate of drug-likeness (QED) is 0.571. The number of benzene rings is 1. The van der Waals surface area contributed by atoms with E-state index in [-0.39, 0.29) is 17.5 Å². The lowest BCUT2D eigenvalue weighted by molar-refractivity contribution is -0.126. The lowest BCUT2D eigenvalue weighted by atomic mass is 10.2. The van der Waals surface area contributed by atoms with Crippen molar-refractivity contribution in [3.8, 4) is 0 Å². The molecule has 0 aliphatic carbocycles. The molecular weight excluding hydrogens is 370 g/mol. The van der Waals surface area contributed by atoms with Gasteiger partial charge < -0.3 is 19.5 Å². The molecule has 1 heterocycles. The molecule has 0 aliphatic rings. The van der Waals surface area contributed by atoms with Gasteiger partial charge in [-0.15, -0.1) is 11.8 Å². The van der Waals surface area contributed by atoms with Gasteiger partial charge in [-0.1, -0.05) is 17.3 Å². The van der Waals surface area contributed by atoms with E-state index in [0.717, 1.165) is 0 Å². The topological polar surface area (TPSA) is 102 Å². The normalized spacial score (nSPS) is 11.6. The van der Waals surface area contributed by atoms with Crippen molar-refractivity contribution in [1.82, 2.24) is 10.1 Å². The molecule has 8 nitrogen and oxygen atoms in total. The second kappa shape index (κ2) is 9.22. The molecule has 0 radical (unpaired) electrons. The van der Waals surface area contributed by atoms with Crippen LogP contribution in [0.15, 0.2) is 39.8 Å². The Labute approximate surface area is 161 Å². The van der Waals surface area contributed by atoms with Crippen molar-refractivity contribution in [3.05, 3.63) is 41.7 Å². The minimum absolute atomic E-state index is 0.0705. The molecule has 2 aromatic rings. The van der Waals surface area contributed by atoms with Crippen LogP contribution in [0.2, 0.25) is 0 Å². The first kappa shape index (κ1) is 20.5. The third kappa shape index (κ3) is 5.85. The molecule has 144 valence electrons. The molecule has 1 aromatic heterocycles. The number of aryl methyl sites for hydroxylation is 1. The van der Waals surface area contributed by atoms with E-state index >= 15 is 0 Å². The van der Waals surface area contributed by atoms with Gasteiger partial charge in [-0.25, -0.2) is 4.79 Å². The Morgan fingerprint density at radius 2 is 2.00 bits per heavy atom. The molecule has 2 rings (SSSR count). The fraction of sp³-hybridized carbons (Fsp3) is 0.333. The van der Waals surface area contributed by atoms with Crippen LogP contribution in [0, 0.1) is 6.92 Å². The highest BCUT2D eigenvalue weighted by atomic mass is 32.2. The van der Waals surface area contributed by atoms with Crippen LogP contribution in [-0.2, 0) is 14.3 Å². The van der Waals surface area contributed by atoms with Crippen LogP contribution < -0.4 is 5.32 Å². The number of hydrogen-bond donors (Lipinski definition) is 1. The number of nitrogens with one attached hydrogen (secondary N) is 1. The van der Waals surface area contributed by atoms with Gasteiger partial charge in [0.1, 0.15) is 5.76 Å². The standard InChI is InChI=1S/C18H21N3O5S/c1-11-9-15(20-26-11)19-17(23)12(2)25-18(24)13-7-5-6-8-14(13)27-10-16(22)21(3)4/h5-9,12H,10H2,1-4H3,(H,19,20,23)/t12-/m0/s1. The Morgan fingerprint density at radius 1 is 1.30 bits per heavy atom. The molecule has 0 saturated heterocycles. The number of anilines is 1. The Kier molecular flexibility index (Phi) is 7.00. The maximum Gasteiger partial charge on any atom is 0.340 e. The predicted molar refractivity (Wildman–Crippen MR) is 101 cm³/mol. The van der Waals surface area contributed by atoms with E-state index in [4.69, 9.17) is 9.26 Å². The monoisotopic (exact) mass is 391 g/mol. The molecule has 9 heteroatoms. The number of esters is 1. The van der Waals surface area contributed by atoms with Gasteiger partial charge in [0.25, 0.3) is 5.91 Å². The summed E-state index contributed by atoms with van der Waals surface area (Å²) < 4.78 is 10.1. The predicted octanol–water partition coefficient (Wildman–Crippen LogP) is 2.35. The van der Waals surface area contributed by atoms with Gasteiger partial charge in [0.05, 0.1) is 11.3 Å². The number of ether oxygens (including phenoxy) is 1. The van der Waals surface area contributed by atoms with Crippen LogP contribution >= 0.6 is 11.8 Å². The lowest BCUT2D eigenvalue weighted by Crippen LogP contribution is -2.30. The summed E-state index contributed by atoms with van der Waals surface area (Å²) in [6.45, 7) is 3.16. The smallest absolute Gasteiger partial charge is 0.340 e. The molecule has 0 fully saturated rings. The van der Waals surface area contributed by atoms with Gasteiger partial charge in [-0.2, -0.15) is 0 Å². The first-order valence-electron chi connectivity index (χ1n) is 8.15. The number of nitrogens with zero attached hydrogens (tertiary/aromatic N) is 2. The van der Waals surface area contributed by atoms with E-state index in [0.29, 0.717) is 16.2 Å². The first-order valence-corrected chi connectivity index (χ1v) is 9.13. The van der Waals surface area contributed by atoms with Gasteiger partial charge in [-0.05, 0) is 26.0 Å². The Balaban J connectivity index is 2.00. The molecule has 1 aromatic carbocycles. The summed E-state index contributed by atoms with van der Waals surface area (Å²) in [5.41, 5.74) is 0.297. The zero-order valence-electron chi connectivity index (χ0n) is 15.5. The highest BCUT2D eigenvalue weighted by Gasteiger charge is 2.22. The summed E-state index contributed by atoms with van der Waals surface area (Å²) >= 11 is 1.24. The molecule has 2 amide bonds. The van der Waals surface area contributed by atoms with Gasteiger partial charge in [0.2, 0.25) is 5.91 Å². The van der Waals surface area contributed by atoms with Crippen LogP contribution in [0.5, 0.6) is 0 Å². The largest absolute Gasteiger partial charge is 0.449 e. The molecule has 1 N–H and O–H groups in total. The highest BCUT2D eigenvalue weighted by Crippen LogP contribution is 2.24. The van der Waals surface area contributed by atoms with Crippen molar-refractivity contribution in [2.45, 2.75) is 24.8 Å². The molecule has 27 heavy (non-hydrogen) atoms. The minimum atomic E-state index is -1.03. The summed E-state index contributed by atoms with van der Waals surface area (Å²) in [4.78, 5) is 38.5. The fourth-order valence-corrected chi connectivity index (χ4v) is 2.98. The van der Waals surface area contributed by atoms with Gasteiger partial charge >= 0.3 is 5.97 Å². The summed E-state index contributed by atoms with van der Waals surface area (Å²) in [6.07, 6.45) is -1.03. The van der Waals surface area contributed by atoms with E-state index in [2.05, 4.69) is 10.5 Å². The number of rotatable bonds is 7. The maximum atomic E-state index is 12.5. The van der Waals surface area contributed by atoms with Crippen LogP contribution in [-0.4, -0.2) is 53.8 Å². The number of aromatic nitrogens is 1. The number of hydrogen-bond acceptors (Lipinski definition) is 7. The van der Waals surface area contributed by atoms with E-state index in [1.54, 1.807) is 51.4 Å². The molecule has 0 unspecified atom stereocenters. The van der Waals surface area contributed by atoms with E-state index in [1.165, 1.54) is 23.6 Å². The highest BCUT2D eigenvalue weighted by molar-refractivity contribution is 8.00. The average Bonchev–Trinajstić information content (AvgIpc) is 3.04. The number of carbonyl (C=O) groups is 3. The first-order chi connectivity index (χ1) is 12.8. The number of carbonyl (C=O) groups excluding carboxylic acids is 3. The fourth-order valence-electron chi connectivity index (χ4n) is 1.96. The second-order valence-electron chi connectivity index (χ2n) is 5.93. The Morgan fingerprint density at radius 3 is 2.63 bits per heavy atom. The molecule has 0 spiro atoms. The van der Waals surface area contributed by atoms with Crippen LogP contribution in [0.1, 0.15) is 23.0 Å². The summed E-state index contributed by atoms with van der Waals surface area (Å²) in [7, 11) is 3.33. The number of amides is 2. The molecule has 0 aliphatic heterocycles. The molecule has 0 saturated carbocycles. The molecular formula is C18H21N3O5S. The minimum Gasteiger partial charge on any atom is -0.449 e. The zero-order chi connectivity index (χ0) is 20.0. The van der Waals surface area contributed by atoms with Crippen molar-refractivity contribution < 1.29 is 23.6 Å². The van der Waals surface area contributed by atoms with E-state index < -0.39 is 18.0 Å². The lowest BCUT2D eigenvalue weighted by Gasteiger charge is -2.14. The zero-order valence-corrected chi connectivity index (χ0v) is 16.3. The Hall–Kier alpha value is -2.81. The number of thioether (sulfide) groups is 1. The maximum absolute atomic E-state index is 12.5. The van der Waals surface area contributed by atoms with Gasteiger partial charge in [0, 0.05) is 25.1 Å². The average molecular weight is 391 g/mol. The van der Waals surface area contributed by atoms with Crippen molar-refractivity contribution in [1.29, 1.82) is 0 Å². The summed E-state index contributed by atoms with van der Waals surface area (Å²) in [6, 6.07) is 8.34. The Bertz CT molecular complexity index is 834. The SMILES string of the molecule is Cc1cc(NC(=O)[C@H](C)OC(=O)c2ccccc2SCC(=O)N(C)C)no1.